The molecule has 3 nitrogen and oxygen atoms in total. The van der Waals surface area contributed by atoms with Crippen molar-refractivity contribution in [2.24, 2.45) is 11.7 Å². The normalized spacial score (nSPS) is 25.4. The first-order valence-electron chi connectivity index (χ1n) is 7.16. The van der Waals surface area contributed by atoms with Crippen molar-refractivity contribution in [1.29, 1.82) is 0 Å². The van der Waals surface area contributed by atoms with Crippen LogP contribution in [0.2, 0.25) is 0 Å². The Morgan fingerprint density at radius 1 is 1.35 bits per heavy atom. The van der Waals surface area contributed by atoms with Crippen LogP contribution in [0.5, 0.6) is 0 Å². The number of rotatable bonds is 7. The van der Waals surface area contributed by atoms with Crippen molar-refractivity contribution in [3.8, 4) is 0 Å². The maximum Gasteiger partial charge on any atom is 0.0589 e. The molecule has 0 spiro atoms. The molecule has 2 fully saturated rings. The van der Waals surface area contributed by atoms with Crippen LogP contribution < -0.4 is 5.73 Å². The van der Waals surface area contributed by atoms with Gasteiger partial charge in [0, 0.05) is 31.8 Å². The van der Waals surface area contributed by atoms with E-state index in [9.17, 15) is 0 Å². The van der Waals surface area contributed by atoms with Gasteiger partial charge in [-0.2, -0.15) is 0 Å². The lowest BCUT2D eigenvalue weighted by atomic mass is 9.97. The van der Waals surface area contributed by atoms with Crippen LogP contribution in [0.1, 0.15) is 45.4 Å². The third-order valence-electron chi connectivity index (χ3n) is 4.58. The van der Waals surface area contributed by atoms with E-state index < -0.39 is 0 Å². The molecule has 0 aromatic heterocycles. The summed E-state index contributed by atoms with van der Waals surface area (Å²) in [7, 11) is 1.79. The Balaban J connectivity index is 1.89. The molecule has 0 aliphatic heterocycles. The summed E-state index contributed by atoms with van der Waals surface area (Å²) in [6.45, 7) is 5.29. The highest BCUT2D eigenvalue weighted by Gasteiger charge is 2.37. The molecule has 0 aromatic carbocycles. The standard InChI is InChI=1S/C14H28N2O/c1-12(13-5-6-13)16(9-10-17-2)11-14(15)7-3-4-8-14/h12-13H,3-11,15H2,1-2H3. The minimum absolute atomic E-state index is 0.0802. The SMILES string of the molecule is COCCN(CC1(N)CCCC1)C(C)C1CC1. The first kappa shape index (κ1) is 13.3. The first-order chi connectivity index (χ1) is 8.14. The van der Waals surface area contributed by atoms with Gasteiger partial charge >= 0.3 is 0 Å². The van der Waals surface area contributed by atoms with Gasteiger partial charge in [-0.05, 0) is 38.5 Å². The minimum atomic E-state index is 0.0802. The smallest absolute Gasteiger partial charge is 0.0589 e. The van der Waals surface area contributed by atoms with Gasteiger partial charge in [0.1, 0.15) is 0 Å². The zero-order chi connectivity index (χ0) is 12.3. The van der Waals surface area contributed by atoms with Crippen molar-refractivity contribution < 1.29 is 4.74 Å². The summed E-state index contributed by atoms with van der Waals surface area (Å²) in [4.78, 5) is 2.58. The van der Waals surface area contributed by atoms with Crippen molar-refractivity contribution in [1.82, 2.24) is 4.90 Å². The van der Waals surface area contributed by atoms with Crippen LogP contribution in [-0.4, -0.2) is 43.3 Å². The Morgan fingerprint density at radius 3 is 2.53 bits per heavy atom. The molecule has 2 rings (SSSR count). The van der Waals surface area contributed by atoms with Gasteiger partial charge in [-0.3, -0.25) is 4.90 Å². The highest BCUT2D eigenvalue weighted by atomic mass is 16.5. The number of nitrogens with zero attached hydrogens (tertiary/aromatic N) is 1. The van der Waals surface area contributed by atoms with Crippen LogP contribution in [0.4, 0.5) is 0 Å². The molecule has 0 radical (unpaired) electrons. The van der Waals surface area contributed by atoms with Gasteiger partial charge in [0.15, 0.2) is 0 Å². The van der Waals surface area contributed by atoms with Gasteiger partial charge in [-0.1, -0.05) is 12.8 Å². The van der Waals surface area contributed by atoms with Crippen molar-refractivity contribution in [3.63, 3.8) is 0 Å². The monoisotopic (exact) mass is 240 g/mol. The lowest BCUT2D eigenvalue weighted by Gasteiger charge is -2.36. The zero-order valence-corrected chi connectivity index (χ0v) is 11.5. The molecule has 2 aliphatic carbocycles. The van der Waals surface area contributed by atoms with E-state index in [1.807, 2.05) is 0 Å². The summed E-state index contributed by atoms with van der Waals surface area (Å²) in [6, 6.07) is 0.686. The third kappa shape index (κ3) is 3.67. The Hall–Kier alpha value is -0.120. The lowest BCUT2D eigenvalue weighted by Crippen LogP contribution is -2.52. The fraction of sp³-hybridized carbons (Fsp3) is 1.00. The van der Waals surface area contributed by atoms with Crippen LogP contribution in [0.3, 0.4) is 0 Å². The van der Waals surface area contributed by atoms with Crippen LogP contribution in [0.15, 0.2) is 0 Å². The van der Waals surface area contributed by atoms with E-state index in [1.165, 1.54) is 38.5 Å². The predicted molar refractivity (Wildman–Crippen MR) is 71.0 cm³/mol. The number of nitrogens with two attached hydrogens (primary N) is 1. The molecular weight excluding hydrogens is 212 g/mol. The van der Waals surface area contributed by atoms with Gasteiger partial charge in [-0.15, -0.1) is 0 Å². The molecule has 3 heteroatoms. The van der Waals surface area contributed by atoms with Gasteiger partial charge in [0.25, 0.3) is 0 Å². The summed E-state index contributed by atoms with van der Waals surface area (Å²) >= 11 is 0. The van der Waals surface area contributed by atoms with Crippen LogP contribution in [0, 0.1) is 5.92 Å². The van der Waals surface area contributed by atoms with Crippen molar-refractivity contribution >= 4 is 0 Å². The quantitative estimate of drug-likeness (QED) is 0.740. The van der Waals surface area contributed by atoms with Gasteiger partial charge in [0.2, 0.25) is 0 Å². The first-order valence-corrected chi connectivity index (χ1v) is 7.16. The summed E-state index contributed by atoms with van der Waals surface area (Å²) in [5.74, 6) is 0.914. The second-order valence-corrected chi connectivity index (χ2v) is 6.11. The van der Waals surface area contributed by atoms with Crippen molar-refractivity contribution in [2.75, 3.05) is 26.8 Å². The van der Waals surface area contributed by atoms with Crippen molar-refractivity contribution in [2.45, 2.75) is 57.0 Å². The largest absolute Gasteiger partial charge is 0.383 e. The van der Waals surface area contributed by atoms with Crippen LogP contribution >= 0.6 is 0 Å². The van der Waals surface area contributed by atoms with E-state index in [2.05, 4.69) is 11.8 Å². The summed E-state index contributed by atoms with van der Waals surface area (Å²) < 4.78 is 5.24. The molecular formula is C14H28N2O. The van der Waals surface area contributed by atoms with E-state index >= 15 is 0 Å². The molecule has 0 bridgehead atoms. The second kappa shape index (κ2) is 5.68. The zero-order valence-electron chi connectivity index (χ0n) is 11.5. The maximum atomic E-state index is 6.51. The van der Waals surface area contributed by atoms with Crippen LogP contribution in [0.25, 0.3) is 0 Å². The van der Waals surface area contributed by atoms with Crippen molar-refractivity contribution in [3.05, 3.63) is 0 Å². The van der Waals surface area contributed by atoms with Gasteiger partial charge in [-0.25, -0.2) is 0 Å². The Kier molecular flexibility index (Phi) is 4.45. The van der Waals surface area contributed by atoms with E-state index in [0.717, 1.165) is 25.6 Å². The highest BCUT2D eigenvalue weighted by molar-refractivity contribution is 4.95. The summed E-state index contributed by atoms with van der Waals surface area (Å²) in [5, 5.41) is 0. The molecule has 2 aliphatic rings. The number of hydrogen-bond acceptors (Lipinski definition) is 3. The van der Waals surface area contributed by atoms with E-state index in [0.29, 0.717) is 6.04 Å². The minimum Gasteiger partial charge on any atom is -0.383 e. The molecule has 17 heavy (non-hydrogen) atoms. The summed E-state index contributed by atoms with van der Waals surface area (Å²) in [6.07, 6.45) is 7.84. The molecule has 0 saturated heterocycles. The summed E-state index contributed by atoms with van der Waals surface area (Å²) in [5.41, 5.74) is 6.59. The third-order valence-corrected chi connectivity index (χ3v) is 4.58. The van der Waals surface area contributed by atoms with E-state index in [4.69, 9.17) is 10.5 Å². The van der Waals surface area contributed by atoms with E-state index in [1.54, 1.807) is 7.11 Å². The Bertz CT molecular complexity index is 234. The van der Waals surface area contributed by atoms with Gasteiger partial charge in [0.05, 0.1) is 6.61 Å². The molecule has 1 atom stereocenters. The number of ether oxygens (including phenoxy) is 1. The number of hydrogen-bond donors (Lipinski definition) is 1. The maximum absolute atomic E-state index is 6.51. The molecule has 100 valence electrons. The molecule has 2 N–H and O–H groups in total. The second-order valence-electron chi connectivity index (χ2n) is 6.11. The lowest BCUT2D eigenvalue weighted by molar-refractivity contribution is 0.0967. The highest BCUT2D eigenvalue weighted by Crippen LogP contribution is 2.36. The van der Waals surface area contributed by atoms with Gasteiger partial charge < -0.3 is 10.5 Å². The predicted octanol–water partition coefficient (Wildman–Crippen LogP) is 2.00. The fourth-order valence-corrected chi connectivity index (χ4v) is 3.15. The molecule has 1 unspecified atom stereocenters. The van der Waals surface area contributed by atoms with E-state index in [-0.39, 0.29) is 5.54 Å². The number of methoxy groups -OCH3 is 1. The molecule has 2 saturated carbocycles. The fourth-order valence-electron chi connectivity index (χ4n) is 3.15. The Labute approximate surface area is 106 Å². The average Bonchev–Trinajstić information content (AvgIpc) is 3.07. The van der Waals surface area contributed by atoms with Crippen LogP contribution in [-0.2, 0) is 4.74 Å². The Morgan fingerprint density at radius 2 is 2.00 bits per heavy atom. The molecule has 0 amide bonds. The molecule has 0 heterocycles. The average molecular weight is 240 g/mol. The topological polar surface area (TPSA) is 38.5 Å². The molecule has 0 aromatic rings.